The molecule has 0 amide bonds. The molecule has 4 rings (SSSR count). The number of aliphatic hydroxyl groups is 1. The third kappa shape index (κ3) is 4.16. The van der Waals surface area contributed by atoms with Crippen LogP contribution in [-0.2, 0) is 0 Å². The van der Waals surface area contributed by atoms with E-state index in [1.54, 1.807) is 9.47 Å². The van der Waals surface area contributed by atoms with Crippen LogP contribution in [0, 0.1) is 5.82 Å². The SMILES string of the molecule is CC(C)(C)NCC1(O)CCN(c2c(F)cc3c(=O)c(C(=O)O)cn(C4CC4)c3c2Cl)C1. The molecule has 31 heavy (non-hydrogen) atoms. The van der Waals surface area contributed by atoms with Crippen molar-refractivity contribution in [3.8, 4) is 0 Å². The molecule has 1 aliphatic carbocycles. The van der Waals surface area contributed by atoms with Gasteiger partial charge in [0.25, 0.3) is 0 Å². The van der Waals surface area contributed by atoms with Crippen molar-refractivity contribution in [1.82, 2.24) is 9.88 Å². The fraction of sp³-hybridized carbons (Fsp3) is 0.545. The van der Waals surface area contributed by atoms with Gasteiger partial charge < -0.3 is 25.0 Å². The highest BCUT2D eigenvalue weighted by Crippen LogP contribution is 2.43. The summed E-state index contributed by atoms with van der Waals surface area (Å²) in [5, 5.41) is 23.7. The number of nitrogens with zero attached hydrogens (tertiary/aromatic N) is 2. The molecule has 0 radical (unpaired) electrons. The number of fused-ring (bicyclic) bond motifs is 1. The zero-order chi connectivity index (χ0) is 22.7. The van der Waals surface area contributed by atoms with Crippen molar-refractivity contribution in [3.05, 3.63) is 38.9 Å². The Balaban J connectivity index is 1.78. The number of benzene rings is 1. The number of carbonyl (C=O) groups is 1. The minimum Gasteiger partial charge on any atom is -0.477 e. The van der Waals surface area contributed by atoms with E-state index in [0.29, 0.717) is 25.0 Å². The molecule has 1 unspecified atom stereocenters. The van der Waals surface area contributed by atoms with E-state index >= 15 is 4.39 Å². The molecule has 168 valence electrons. The third-order valence-electron chi connectivity index (χ3n) is 5.95. The first-order valence-corrected chi connectivity index (χ1v) is 10.8. The van der Waals surface area contributed by atoms with Gasteiger partial charge >= 0.3 is 5.97 Å². The predicted molar refractivity (Wildman–Crippen MR) is 118 cm³/mol. The second-order valence-corrected chi connectivity index (χ2v) is 10.1. The number of aromatic nitrogens is 1. The Kier molecular flexibility index (Phi) is 5.31. The number of halogens is 2. The van der Waals surface area contributed by atoms with Crippen LogP contribution in [0.25, 0.3) is 10.9 Å². The zero-order valence-corrected chi connectivity index (χ0v) is 18.6. The minimum absolute atomic E-state index is 0.0310. The first-order valence-electron chi connectivity index (χ1n) is 10.4. The molecular weight excluding hydrogens is 425 g/mol. The Labute approximate surface area is 184 Å². The van der Waals surface area contributed by atoms with Crippen molar-refractivity contribution in [1.29, 1.82) is 0 Å². The number of nitrogens with one attached hydrogen (secondary N) is 1. The minimum atomic E-state index is -1.35. The van der Waals surface area contributed by atoms with E-state index < -0.39 is 28.4 Å². The Morgan fingerprint density at radius 1 is 1.39 bits per heavy atom. The van der Waals surface area contributed by atoms with E-state index in [2.05, 4.69) is 5.32 Å². The van der Waals surface area contributed by atoms with E-state index in [1.807, 2.05) is 20.8 Å². The highest BCUT2D eigenvalue weighted by atomic mass is 35.5. The van der Waals surface area contributed by atoms with Crippen molar-refractivity contribution < 1.29 is 19.4 Å². The van der Waals surface area contributed by atoms with Crippen molar-refractivity contribution in [2.75, 3.05) is 24.5 Å². The van der Waals surface area contributed by atoms with E-state index in [0.717, 1.165) is 18.9 Å². The molecule has 3 N–H and O–H groups in total. The summed E-state index contributed by atoms with van der Waals surface area (Å²) in [6, 6.07) is 1.11. The molecule has 0 bridgehead atoms. The quantitative estimate of drug-likeness (QED) is 0.646. The number of hydrogen-bond donors (Lipinski definition) is 3. The van der Waals surface area contributed by atoms with Gasteiger partial charge in [-0.1, -0.05) is 11.6 Å². The maximum absolute atomic E-state index is 15.2. The fourth-order valence-corrected chi connectivity index (χ4v) is 4.54. The molecule has 2 fully saturated rings. The average Bonchev–Trinajstić information content (AvgIpc) is 3.43. The number of aromatic carboxylic acids is 1. The average molecular weight is 452 g/mol. The summed E-state index contributed by atoms with van der Waals surface area (Å²) < 4.78 is 16.9. The molecule has 1 aliphatic heterocycles. The van der Waals surface area contributed by atoms with Gasteiger partial charge in [-0.2, -0.15) is 0 Å². The van der Waals surface area contributed by atoms with Gasteiger partial charge in [0.1, 0.15) is 11.4 Å². The smallest absolute Gasteiger partial charge is 0.341 e. The van der Waals surface area contributed by atoms with Gasteiger partial charge in [-0.15, -0.1) is 0 Å². The lowest BCUT2D eigenvalue weighted by molar-refractivity contribution is 0.0562. The summed E-state index contributed by atoms with van der Waals surface area (Å²) in [4.78, 5) is 25.9. The molecule has 2 aromatic rings. The summed E-state index contributed by atoms with van der Waals surface area (Å²) in [5.41, 5.74) is -1.87. The molecule has 1 aromatic carbocycles. The Bertz CT molecular complexity index is 1120. The van der Waals surface area contributed by atoms with Gasteiger partial charge in [0, 0.05) is 37.4 Å². The molecule has 1 saturated carbocycles. The Morgan fingerprint density at radius 2 is 2.06 bits per heavy atom. The lowest BCUT2D eigenvalue weighted by Gasteiger charge is -2.30. The summed E-state index contributed by atoms with van der Waals surface area (Å²) >= 11 is 6.66. The highest BCUT2D eigenvalue weighted by Gasteiger charge is 2.39. The zero-order valence-electron chi connectivity index (χ0n) is 17.8. The second-order valence-electron chi connectivity index (χ2n) is 9.73. The van der Waals surface area contributed by atoms with Crippen LogP contribution < -0.4 is 15.6 Å². The normalized spacial score (nSPS) is 21.8. The topological polar surface area (TPSA) is 94.8 Å². The fourth-order valence-electron chi connectivity index (χ4n) is 4.14. The second kappa shape index (κ2) is 7.46. The predicted octanol–water partition coefficient (Wildman–Crippen LogP) is 3.16. The van der Waals surface area contributed by atoms with Crippen LogP contribution in [0.4, 0.5) is 10.1 Å². The molecule has 7 nitrogen and oxygen atoms in total. The number of β-amino-alcohol motifs (C(OH)–C–C–N with tert-alkyl or cyclic N) is 1. The van der Waals surface area contributed by atoms with Crippen LogP contribution in [0.3, 0.4) is 0 Å². The van der Waals surface area contributed by atoms with E-state index in [9.17, 15) is 19.8 Å². The van der Waals surface area contributed by atoms with E-state index in [-0.39, 0.29) is 34.2 Å². The van der Waals surface area contributed by atoms with Crippen LogP contribution in [0.2, 0.25) is 5.02 Å². The van der Waals surface area contributed by atoms with Gasteiger partial charge in [0.2, 0.25) is 5.43 Å². The van der Waals surface area contributed by atoms with Gasteiger partial charge in [-0.3, -0.25) is 4.79 Å². The molecule has 1 atom stereocenters. The van der Waals surface area contributed by atoms with Crippen molar-refractivity contribution in [2.45, 2.75) is 57.2 Å². The molecule has 2 aliphatic rings. The summed E-state index contributed by atoms with van der Waals surface area (Å²) in [6.07, 6.45) is 3.42. The number of pyridine rings is 1. The summed E-state index contributed by atoms with van der Waals surface area (Å²) in [6.45, 7) is 6.97. The van der Waals surface area contributed by atoms with Gasteiger partial charge in [0.15, 0.2) is 0 Å². The molecule has 0 spiro atoms. The van der Waals surface area contributed by atoms with Crippen LogP contribution in [-0.4, -0.2) is 51.5 Å². The third-order valence-corrected chi connectivity index (χ3v) is 6.31. The largest absolute Gasteiger partial charge is 0.477 e. The molecule has 1 aromatic heterocycles. The van der Waals surface area contributed by atoms with Crippen molar-refractivity contribution >= 4 is 34.2 Å². The first kappa shape index (κ1) is 22.0. The van der Waals surface area contributed by atoms with Crippen molar-refractivity contribution in [3.63, 3.8) is 0 Å². The highest BCUT2D eigenvalue weighted by molar-refractivity contribution is 6.38. The van der Waals surface area contributed by atoms with Crippen molar-refractivity contribution in [2.24, 2.45) is 0 Å². The number of hydrogen-bond acceptors (Lipinski definition) is 5. The maximum atomic E-state index is 15.2. The maximum Gasteiger partial charge on any atom is 0.341 e. The lowest BCUT2D eigenvalue weighted by Crippen LogP contribution is -2.49. The van der Waals surface area contributed by atoms with E-state index in [1.165, 1.54) is 6.20 Å². The van der Waals surface area contributed by atoms with E-state index in [4.69, 9.17) is 11.6 Å². The molecule has 9 heteroatoms. The number of carboxylic acid groups (broad SMARTS) is 1. The Morgan fingerprint density at radius 3 is 2.65 bits per heavy atom. The monoisotopic (exact) mass is 451 g/mol. The van der Waals surface area contributed by atoms with Gasteiger partial charge in [-0.05, 0) is 46.1 Å². The standard InChI is InChI=1S/C22H27ClFN3O4/c1-21(2,3)25-10-22(31)6-7-26(11-22)18-15(24)8-13-17(16(18)23)27(12-4-5-12)9-14(19(13)28)20(29)30/h8-9,12,25,31H,4-7,10-11H2,1-3H3,(H,29,30). The molecule has 1 saturated heterocycles. The summed E-state index contributed by atoms with van der Waals surface area (Å²) in [5.74, 6) is -2.05. The number of carboxylic acids is 1. The van der Waals surface area contributed by atoms with Gasteiger partial charge in [0.05, 0.1) is 27.2 Å². The van der Waals surface area contributed by atoms with Crippen LogP contribution in [0.1, 0.15) is 56.4 Å². The molecule has 2 heterocycles. The van der Waals surface area contributed by atoms with Crippen LogP contribution in [0.15, 0.2) is 17.1 Å². The number of rotatable bonds is 5. The molecular formula is C22H27ClFN3O4. The van der Waals surface area contributed by atoms with Crippen LogP contribution in [0.5, 0.6) is 0 Å². The lowest BCUT2D eigenvalue weighted by atomic mass is 10.0. The van der Waals surface area contributed by atoms with Gasteiger partial charge in [-0.25, -0.2) is 9.18 Å². The number of anilines is 1. The Hall–Kier alpha value is -2.16. The summed E-state index contributed by atoms with van der Waals surface area (Å²) in [7, 11) is 0. The first-order chi connectivity index (χ1) is 14.4. The van der Waals surface area contributed by atoms with Crippen LogP contribution >= 0.6 is 11.6 Å².